The minimum atomic E-state index is -0.203. The fourth-order valence-electron chi connectivity index (χ4n) is 2.27. The molecule has 0 spiro atoms. The predicted molar refractivity (Wildman–Crippen MR) is 87.1 cm³/mol. The molecule has 0 bridgehead atoms. The molecule has 0 amide bonds. The van der Waals surface area contributed by atoms with Crippen LogP contribution in [-0.2, 0) is 6.54 Å². The molecule has 6 heteroatoms. The fraction of sp³-hybridized carbons (Fsp3) is 0.267. The van der Waals surface area contributed by atoms with Gasteiger partial charge in [0.05, 0.1) is 5.69 Å². The van der Waals surface area contributed by atoms with Crippen molar-refractivity contribution in [3.05, 3.63) is 57.5 Å². The van der Waals surface area contributed by atoms with E-state index in [1.165, 1.54) is 12.1 Å². The Kier molecular flexibility index (Phi) is 4.10. The van der Waals surface area contributed by atoms with Gasteiger partial charge in [0.25, 0.3) is 0 Å². The molecule has 2 heterocycles. The summed E-state index contributed by atoms with van der Waals surface area (Å²) in [6.07, 6.45) is 2.00. The Hall–Kier alpha value is -1.24. The fourth-order valence-corrected chi connectivity index (χ4v) is 3.62. The van der Waals surface area contributed by atoms with Crippen LogP contribution in [0.25, 0.3) is 4.96 Å². The van der Waals surface area contributed by atoms with E-state index in [-0.39, 0.29) is 11.9 Å². The van der Waals surface area contributed by atoms with Gasteiger partial charge in [-0.25, -0.2) is 9.37 Å². The van der Waals surface area contributed by atoms with Crippen molar-refractivity contribution in [3.8, 4) is 0 Å². The number of thiazole rings is 1. The number of halogens is 2. The van der Waals surface area contributed by atoms with Crippen molar-refractivity contribution >= 4 is 32.2 Å². The number of fused-ring (bicyclic) bond motifs is 1. The lowest BCUT2D eigenvalue weighted by Crippen LogP contribution is -2.22. The topological polar surface area (TPSA) is 20.5 Å². The summed E-state index contributed by atoms with van der Waals surface area (Å²) < 4.78 is 16.0. The molecule has 0 aliphatic heterocycles. The van der Waals surface area contributed by atoms with E-state index in [0.29, 0.717) is 0 Å². The average molecular weight is 368 g/mol. The zero-order chi connectivity index (χ0) is 15.0. The van der Waals surface area contributed by atoms with Gasteiger partial charge < -0.3 is 0 Å². The minimum absolute atomic E-state index is 0.192. The van der Waals surface area contributed by atoms with Crippen molar-refractivity contribution in [2.24, 2.45) is 0 Å². The zero-order valence-corrected chi connectivity index (χ0v) is 14.2. The van der Waals surface area contributed by atoms with Crippen LogP contribution in [-0.4, -0.2) is 21.3 Å². The second kappa shape index (κ2) is 5.87. The molecule has 2 aromatic heterocycles. The Morgan fingerprint density at radius 2 is 2.10 bits per heavy atom. The molecule has 0 aliphatic carbocycles. The van der Waals surface area contributed by atoms with Crippen molar-refractivity contribution in [1.29, 1.82) is 0 Å². The van der Waals surface area contributed by atoms with Crippen LogP contribution in [0.3, 0.4) is 0 Å². The van der Waals surface area contributed by atoms with Gasteiger partial charge in [0.2, 0.25) is 0 Å². The molecule has 3 aromatic rings. The number of aromatic nitrogens is 2. The van der Waals surface area contributed by atoms with Gasteiger partial charge in [-0.1, -0.05) is 12.1 Å². The highest BCUT2D eigenvalue weighted by molar-refractivity contribution is 9.10. The standard InChI is InChI=1S/C15H15BrFN3S/c1-10(11-3-5-12(17)6-4-11)19(2)9-13-14(16)20-7-8-21-15(20)18-13/h3-8,10H,9H2,1-2H3/t10-/m1/s1. The van der Waals surface area contributed by atoms with Gasteiger partial charge >= 0.3 is 0 Å². The van der Waals surface area contributed by atoms with Crippen LogP contribution in [0, 0.1) is 5.82 Å². The number of benzene rings is 1. The van der Waals surface area contributed by atoms with Crippen LogP contribution in [0.2, 0.25) is 0 Å². The molecule has 1 atom stereocenters. The first-order chi connectivity index (χ1) is 10.1. The second-order valence-electron chi connectivity index (χ2n) is 5.05. The van der Waals surface area contributed by atoms with Crippen LogP contribution >= 0.6 is 27.3 Å². The summed E-state index contributed by atoms with van der Waals surface area (Å²) in [4.78, 5) is 7.82. The van der Waals surface area contributed by atoms with Crippen LogP contribution in [0.1, 0.15) is 24.2 Å². The largest absolute Gasteiger partial charge is 0.294 e. The molecule has 0 saturated heterocycles. The highest BCUT2D eigenvalue weighted by atomic mass is 79.9. The summed E-state index contributed by atoms with van der Waals surface area (Å²) in [6, 6.07) is 6.86. The molecule has 0 radical (unpaired) electrons. The monoisotopic (exact) mass is 367 g/mol. The normalized spacial score (nSPS) is 13.2. The van der Waals surface area contributed by atoms with Crippen LogP contribution in [0.15, 0.2) is 40.4 Å². The highest BCUT2D eigenvalue weighted by Gasteiger charge is 2.17. The van der Waals surface area contributed by atoms with Crippen LogP contribution < -0.4 is 0 Å². The molecular formula is C15H15BrFN3S. The van der Waals surface area contributed by atoms with E-state index in [1.54, 1.807) is 11.3 Å². The maximum absolute atomic E-state index is 13.0. The van der Waals surface area contributed by atoms with Gasteiger partial charge in [-0.15, -0.1) is 11.3 Å². The van der Waals surface area contributed by atoms with Crippen molar-refractivity contribution in [2.45, 2.75) is 19.5 Å². The van der Waals surface area contributed by atoms with Crippen molar-refractivity contribution in [3.63, 3.8) is 0 Å². The molecule has 21 heavy (non-hydrogen) atoms. The molecule has 1 aromatic carbocycles. The molecule has 0 aliphatic rings. The first-order valence-corrected chi connectivity index (χ1v) is 8.29. The van der Waals surface area contributed by atoms with E-state index < -0.39 is 0 Å². The summed E-state index contributed by atoms with van der Waals surface area (Å²) in [5.41, 5.74) is 2.11. The van der Waals surface area contributed by atoms with Crippen LogP contribution in [0.5, 0.6) is 0 Å². The summed E-state index contributed by atoms with van der Waals surface area (Å²) in [5.74, 6) is -0.203. The summed E-state index contributed by atoms with van der Waals surface area (Å²) in [7, 11) is 2.05. The van der Waals surface area contributed by atoms with Crippen LogP contribution in [0.4, 0.5) is 4.39 Å². The van der Waals surface area contributed by atoms with E-state index in [1.807, 2.05) is 35.2 Å². The van der Waals surface area contributed by atoms with Crippen molar-refractivity contribution in [1.82, 2.24) is 14.3 Å². The summed E-state index contributed by atoms with van der Waals surface area (Å²) in [5, 5.41) is 2.02. The molecule has 0 unspecified atom stereocenters. The molecule has 0 fully saturated rings. The maximum atomic E-state index is 13.0. The lowest BCUT2D eigenvalue weighted by Gasteiger charge is -2.24. The number of rotatable bonds is 4. The SMILES string of the molecule is C[C@H](c1ccc(F)cc1)N(C)Cc1nc2sccn2c1Br. The van der Waals surface area contributed by atoms with Gasteiger partial charge in [0.1, 0.15) is 10.4 Å². The predicted octanol–water partition coefficient (Wildman–Crippen LogP) is 4.49. The van der Waals surface area contributed by atoms with Gasteiger partial charge in [-0.3, -0.25) is 9.30 Å². The maximum Gasteiger partial charge on any atom is 0.194 e. The third-order valence-corrected chi connectivity index (χ3v) is 5.28. The van der Waals surface area contributed by atoms with E-state index in [9.17, 15) is 4.39 Å². The number of imidazole rings is 1. The Balaban J connectivity index is 1.78. The van der Waals surface area contributed by atoms with E-state index in [2.05, 4.69) is 32.7 Å². The van der Waals surface area contributed by atoms with Crippen molar-refractivity contribution in [2.75, 3.05) is 7.05 Å². The summed E-state index contributed by atoms with van der Waals surface area (Å²) >= 11 is 5.22. The lowest BCUT2D eigenvalue weighted by molar-refractivity contribution is 0.250. The highest BCUT2D eigenvalue weighted by Crippen LogP contribution is 2.26. The zero-order valence-electron chi connectivity index (χ0n) is 11.8. The molecule has 3 nitrogen and oxygen atoms in total. The Morgan fingerprint density at radius 1 is 1.38 bits per heavy atom. The third-order valence-electron chi connectivity index (χ3n) is 3.68. The van der Waals surface area contributed by atoms with E-state index >= 15 is 0 Å². The first-order valence-electron chi connectivity index (χ1n) is 6.62. The molecule has 110 valence electrons. The van der Waals surface area contributed by atoms with Gasteiger partial charge in [0.15, 0.2) is 4.96 Å². The molecular weight excluding hydrogens is 353 g/mol. The number of hydrogen-bond acceptors (Lipinski definition) is 3. The molecule has 0 saturated carbocycles. The number of nitrogens with zero attached hydrogens (tertiary/aromatic N) is 3. The Bertz CT molecular complexity index is 750. The number of hydrogen-bond donors (Lipinski definition) is 0. The average Bonchev–Trinajstić information content (AvgIpc) is 3.03. The lowest BCUT2D eigenvalue weighted by atomic mass is 10.1. The third kappa shape index (κ3) is 2.88. The minimum Gasteiger partial charge on any atom is -0.294 e. The second-order valence-corrected chi connectivity index (χ2v) is 6.67. The smallest absolute Gasteiger partial charge is 0.194 e. The van der Waals surface area contributed by atoms with Gasteiger partial charge in [-0.05, 0) is 47.6 Å². The molecule has 0 N–H and O–H groups in total. The van der Waals surface area contributed by atoms with E-state index in [4.69, 9.17) is 0 Å². The van der Waals surface area contributed by atoms with Crippen molar-refractivity contribution < 1.29 is 4.39 Å². The summed E-state index contributed by atoms with van der Waals surface area (Å²) in [6.45, 7) is 2.84. The Labute approximate surface area is 135 Å². The van der Waals surface area contributed by atoms with Gasteiger partial charge in [-0.2, -0.15) is 0 Å². The first kappa shape index (κ1) is 14.7. The van der Waals surface area contributed by atoms with E-state index in [0.717, 1.165) is 27.4 Å². The molecule has 3 rings (SSSR count). The Morgan fingerprint density at radius 3 is 2.76 bits per heavy atom. The van der Waals surface area contributed by atoms with Gasteiger partial charge in [0, 0.05) is 24.2 Å². The quantitative estimate of drug-likeness (QED) is 0.676.